The lowest BCUT2D eigenvalue weighted by atomic mass is 10.0. The molecule has 3 N–H and O–H groups in total. The second-order valence-corrected chi connectivity index (χ2v) is 17.2. The van der Waals surface area contributed by atoms with Gasteiger partial charge in [0.05, 0.1) is 26.4 Å². The molecule has 0 saturated heterocycles. The first kappa shape index (κ1) is 56.2. The molecule has 3 atom stereocenters. The van der Waals surface area contributed by atoms with E-state index in [2.05, 4.69) is 50.3 Å². The molecule has 0 aromatic carbocycles. The van der Waals surface area contributed by atoms with Crippen molar-refractivity contribution in [3.05, 3.63) is 36.5 Å². The third-order valence-electron chi connectivity index (χ3n) is 10.1. The fourth-order valence-corrected chi connectivity index (χ4v) is 7.33. The lowest BCUT2D eigenvalue weighted by Crippen LogP contribution is -2.28. The molecule has 0 aromatic rings. The highest BCUT2D eigenvalue weighted by Gasteiger charge is 2.27. The summed E-state index contributed by atoms with van der Waals surface area (Å²) in [5.74, 6) is -1.02. The average molecular weight is 843 g/mol. The molecule has 0 spiro atoms. The van der Waals surface area contributed by atoms with Crippen molar-refractivity contribution in [2.75, 3.05) is 26.4 Å². The van der Waals surface area contributed by atoms with Crippen LogP contribution in [0.5, 0.6) is 0 Å². The molecular formula is C47H87O10P. The largest absolute Gasteiger partial charge is 0.472 e. The Morgan fingerprint density at radius 2 is 0.810 bits per heavy atom. The summed E-state index contributed by atoms with van der Waals surface area (Å²) >= 11 is 0. The molecule has 0 aliphatic rings. The predicted octanol–water partition coefficient (Wildman–Crippen LogP) is 12.7. The Kier molecular flexibility index (Phi) is 41.9. The van der Waals surface area contributed by atoms with Crippen LogP contribution in [0, 0.1) is 0 Å². The van der Waals surface area contributed by atoms with E-state index in [4.69, 9.17) is 18.5 Å². The molecule has 0 bridgehead atoms. The van der Waals surface area contributed by atoms with Gasteiger partial charge in [-0.1, -0.05) is 192 Å². The number of carbonyl (C=O) groups excluding carboxylic acids is 2. The molecule has 0 rings (SSSR count). The molecule has 0 aliphatic carbocycles. The van der Waals surface area contributed by atoms with Crippen molar-refractivity contribution in [3.63, 3.8) is 0 Å². The van der Waals surface area contributed by atoms with Gasteiger partial charge in [0.1, 0.15) is 12.2 Å². The van der Waals surface area contributed by atoms with E-state index < -0.39 is 58.4 Å². The van der Waals surface area contributed by atoms with Gasteiger partial charge in [-0.25, -0.2) is 4.57 Å². The zero-order chi connectivity index (χ0) is 42.6. The summed E-state index contributed by atoms with van der Waals surface area (Å²) in [6, 6.07) is 0. The third kappa shape index (κ3) is 40.9. The van der Waals surface area contributed by atoms with Gasteiger partial charge in [0.25, 0.3) is 0 Å². The summed E-state index contributed by atoms with van der Waals surface area (Å²) in [5, 5.41) is 19.2. The number of phosphoric ester groups is 1. The Bertz CT molecular complexity index is 1060. The maximum atomic E-state index is 12.4. The number of aliphatic hydroxyl groups excluding tert-OH is 2. The van der Waals surface area contributed by atoms with Crippen molar-refractivity contribution in [1.29, 1.82) is 0 Å². The first-order valence-electron chi connectivity index (χ1n) is 23.4. The lowest BCUT2D eigenvalue weighted by molar-refractivity contribution is -0.153. The van der Waals surface area contributed by atoms with E-state index in [0.717, 1.165) is 70.6 Å². The van der Waals surface area contributed by atoms with Crippen LogP contribution in [-0.4, -0.2) is 65.7 Å². The highest BCUT2D eigenvalue weighted by molar-refractivity contribution is 7.47. The summed E-state index contributed by atoms with van der Waals surface area (Å²) < 4.78 is 32.6. The second kappa shape index (κ2) is 43.3. The SMILES string of the molecule is CC/C=C\C/C=C\C/C=C\CCCCCCCCCC(=O)OC(CO)COP(=O)(O)OCC(CO)OC(=O)CCCCCCCCCCCCCCCCCCCC. The monoisotopic (exact) mass is 843 g/mol. The molecule has 10 nitrogen and oxygen atoms in total. The van der Waals surface area contributed by atoms with E-state index in [1.807, 2.05) is 0 Å². The van der Waals surface area contributed by atoms with Crippen LogP contribution in [0.15, 0.2) is 36.5 Å². The first-order valence-corrected chi connectivity index (χ1v) is 24.9. The van der Waals surface area contributed by atoms with Crippen LogP contribution in [-0.2, 0) is 32.7 Å². The van der Waals surface area contributed by atoms with Crippen molar-refractivity contribution in [2.45, 2.75) is 225 Å². The van der Waals surface area contributed by atoms with Crippen LogP contribution >= 0.6 is 7.82 Å². The molecule has 0 radical (unpaired) electrons. The quantitative estimate of drug-likeness (QED) is 0.0234. The minimum absolute atomic E-state index is 0.182. The van der Waals surface area contributed by atoms with Gasteiger partial charge in [-0.15, -0.1) is 0 Å². The van der Waals surface area contributed by atoms with Gasteiger partial charge in [-0.3, -0.25) is 18.6 Å². The number of aliphatic hydroxyl groups is 2. The number of unbranched alkanes of at least 4 members (excludes halogenated alkanes) is 24. The van der Waals surface area contributed by atoms with E-state index in [-0.39, 0.29) is 12.8 Å². The van der Waals surface area contributed by atoms with Gasteiger partial charge in [-0.05, 0) is 44.9 Å². The minimum atomic E-state index is -4.64. The number of hydrogen-bond acceptors (Lipinski definition) is 9. The third-order valence-corrected chi connectivity index (χ3v) is 11.1. The van der Waals surface area contributed by atoms with Crippen molar-refractivity contribution in [3.8, 4) is 0 Å². The summed E-state index contributed by atoms with van der Waals surface area (Å²) in [6.45, 7) is 2.12. The van der Waals surface area contributed by atoms with Gasteiger partial charge in [-0.2, -0.15) is 0 Å². The fourth-order valence-electron chi connectivity index (χ4n) is 6.54. The Labute approximate surface area is 354 Å². The Morgan fingerprint density at radius 3 is 1.17 bits per heavy atom. The minimum Gasteiger partial charge on any atom is -0.457 e. The van der Waals surface area contributed by atoms with Crippen LogP contribution in [0.25, 0.3) is 0 Å². The fraction of sp³-hybridized carbons (Fsp3) is 0.830. The van der Waals surface area contributed by atoms with Gasteiger partial charge in [0.2, 0.25) is 0 Å². The maximum Gasteiger partial charge on any atom is 0.472 e. The topological polar surface area (TPSA) is 149 Å². The van der Waals surface area contributed by atoms with Crippen LogP contribution in [0.1, 0.15) is 213 Å². The number of rotatable bonds is 44. The molecule has 0 aromatic heterocycles. The van der Waals surface area contributed by atoms with Crippen molar-refractivity contribution >= 4 is 19.8 Å². The van der Waals surface area contributed by atoms with E-state index in [0.29, 0.717) is 12.8 Å². The van der Waals surface area contributed by atoms with Crippen LogP contribution in [0.4, 0.5) is 0 Å². The standard InChI is InChI=1S/C47H87O10P/c1-3-5-7-9-11-13-15-17-19-21-23-25-27-29-31-33-35-37-39-47(51)57-45(41-49)43-55-58(52,53)54-42-44(40-48)56-46(50)38-36-34-32-30-28-26-24-22-20-18-16-14-12-10-8-6-4-2/h6,8,12,14,18,20,44-45,48-49H,3-5,7,9-11,13,15-17,19,21-43H2,1-2H3,(H,52,53)/b8-6-,14-12-,20-18-. The smallest absolute Gasteiger partial charge is 0.457 e. The number of phosphoric acid groups is 1. The van der Waals surface area contributed by atoms with E-state index >= 15 is 0 Å². The molecular weight excluding hydrogens is 755 g/mol. The zero-order valence-corrected chi connectivity index (χ0v) is 37.9. The van der Waals surface area contributed by atoms with E-state index in [1.54, 1.807) is 0 Å². The van der Waals surface area contributed by atoms with E-state index in [1.165, 1.54) is 103 Å². The molecule has 58 heavy (non-hydrogen) atoms. The number of esters is 2. The maximum absolute atomic E-state index is 12.4. The van der Waals surface area contributed by atoms with Gasteiger partial charge in [0, 0.05) is 12.8 Å². The number of allylic oxidation sites excluding steroid dienone is 6. The van der Waals surface area contributed by atoms with Crippen LogP contribution < -0.4 is 0 Å². The molecule has 3 unspecified atom stereocenters. The molecule has 11 heteroatoms. The Morgan fingerprint density at radius 1 is 0.483 bits per heavy atom. The Hall–Kier alpha value is -1.81. The first-order chi connectivity index (χ1) is 28.3. The molecule has 340 valence electrons. The highest BCUT2D eigenvalue weighted by atomic mass is 31.2. The summed E-state index contributed by atoms with van der Waals surface area (Å²) in [6.07, 6.45) is 45.4. The summed E-state index contributed by atoms with van der Waals surface area (Å²) in [5.41, 5.74) is 0. The summed E-state index contributed by atoms with van der Waals surface area (Å²) in [7, 11) is -4.64. The molecule has 0 fully saturated rings. The van der Waals surface area contributed by atoms with Gasteiger partial charge in [0.15, 0.2) is 0 Å². The van der Waals surface area contributed by atoms with E-state index in [9.17, 15) is 29.3 Å². The number of hydrogen-bond donors (Lipinski definition) is 3. The molecule has 0 amide bonds. The van der Waals surface area contributed by atoms with Crippen LogP contribution in [0.2, 0.25) is 0 Å². The van der Waals surface area contributed by atoms with Crippen molar-refractivity contribution in [2.24, 2.45) is 0 Å². The Balaban J connectivity index is 3.87. The van der Waals surface area contributed by atoms with Gasteiger partial charge < -0.3 is 24.6 Å². The summed E-state index contributed by atoms with van der Waals surface area (Å²) in [4.78, 5) is 34.6. The molecule has 0 saturated carbocycles. The average Bonchev–Trinajstić information content (AvgIpc) is 3.21. The van der Waals surface area contributed by atoms with Crippen molar-refractivity contribution in [1.82, 2.24) is 0 Å². The number of carbonyl (C=O) groups is 2. The van der Waals surface area contributed by atoms with Crippen molar-refractivity contribution < 1.29 is 47.8 Å². The second-order valence-electron chi connectivity index (χ2n) is 15.7. The number of ether oxygens (including phenoxy) is 2. The molecule has 0 heterocycles. The van der Waals surface area contributed by atoms with Crippen LogP contribution in [0.3, 0.4) is 0 Å². The predicted molar refractivity (Wildman–Crippen MR) is 238 cm³/mol. The normalized spacial score (nSPS) is 14.1. The molecule has 0 aliphatic heterocycles. The zero-order valence-electron chi connectivity index (χ0n) is 37.0. The van der Waals surface area contributed by atoms with Gasteiger partial charge >= 0.3 is 19.8 Å². The highest BCUT2D eigenvalue weighted by Crippen LogP contribution is 2.43. The lowest BCUT2D eigenvalue weighted by Gasteiger charge is -2.20.